The highest BCUT2D eigenvalue weighted by atomic mass is 16.1. The Kier molecular flexibility index (Phi) is 5.65. The number of fused-ring (bicyclic) bond motifs is 1. The van der Waals surface area contributed by atoms with Gasteiger partial charge in [-0.3, -0.25) is 14.3 Å². The Hall–Kier alpha value is -3.94. The second-order valence-electron chi connectivity index (χ2n) is 9.09. The first-order valence-electron chi connectivity index (χ1n) is 11.6. The van der Waals surface area contributed by atoms with Gasteiger partial charge < -0.3 is 11.1 Å². The number of H-pyrrole nitrogens is 1. The Balaban J connectivity index is 1.42. The summed E-state index contributed by atoms with van der Waals surface area (Å²) in [6.45, 7) is 4.32. The van der Waals surface area contributed by atoms with E-state index in [1.54, 1.807) is 0 Å². The summed E-state index contributed by atoms with van der Waals surface area (Å²) in [4.78, 5) is 25.3. The summed E-state index contributed by atoms with van der Waals surface area (Å²) >= 11 is 0. The number of rotatable bonds is 5. The van der Waals surface area contributed by atoms with Crippen LogP contribution in [-0.2, 0) is 6.54 Å². The van der Waals surface area contributed by atoms with Gasteiger partial charge in [0.15, 0.2) is 5.82 Å². The number of nitrogen functional groups attached to an aromatic ring is 1. The standard InChI is InChI=1S/C26H28N6O2/c1-15-7-8-16(2)20(13-15)25(33)28-14-17-9-11-18(12-10-17)22-21-23(26(34)30-29-24(21)27)32(31-22)19-5-3-4-6-19/h7-13,19H,3-6,14H2,1-2H3,(H2,27,29)(H,28,33)(H,30,34). The van der Waals surface area contributed by atoms with Crippen molar-refractivity contribution in [1.29, 1.82) is 0 Å². The number of anilines is 1. The Morgan fingerprint density at radius 2 is 1.88 bits per heavy atom. The fourth-order valence-corrected chi connectivity index (χ4v) is 4.77. The van der Waals surface area contributed by atoms with Crippen LogP contribution in [0.4, 0.5) is 5.82 Å². The molecule has 0 radical (unpaired) electrons. The first-order valence-corrected chi connectivity index (χ1v) is 11.6. The van der Waals surface area contributed by atoms with Crippen molar-refractivity contribution in [3.63, 3.8) is 0 Å². The molecule has 0 unspecified atom stereocenters. The summed E-state index contributed by atoms with van der Waals surface area (Å²) in [5.74, 6) is 0.170. The van der Waals surface area contributed by atoms with E-state index in [-0.39, 0.29) is 23.3 Å². The number of aromatic amines is 1. The van der Waals surface area contributed by atoms with Gasteiger partial charge in [0.2, 0.25) is 0 Å². The van der Waals surface area contributed by atoms with E-state index in [0.29, 0.717) is 28.7 Å². The molecular weight excluding hydrogens is 428 g/mol. The van der Waals surface area contributed by atoms with Gasteiger partial charge in [-0.1, -0.05) is 54.8 Å². The van der Waals surface area contributed by atoms with Crippen LogP contribution in [0.15, 0.2) is 47.3 Å². The molecule has 8 heteroatoms. The molecule has 1 aliphatic rings. The number of benzene rings is 2. The van der Waals surface area contributed by atoms with Crippen LogP contribution in [0.3, 0.4) is 0 Å². The van der Waals surface area contributed by atoms with Crippen LogP contribution in [0.2, 0.25) is 0 Å². The largest absolute Gasteiger partial charge is 0.382 e. The topological polar surface area (TPSA) is 119 Å². The van der Waals surface area contributed by atoms with Crippen molar-refractivity contribution < 1.29 is 4.79 Å². The first-order chi connectivity index (χ1) is 16.4. The summed E-state index contributed by atoms with van der Waals surface area (Å²) in [6, 6.07) is 13.9. The minimum absolute atomic E-state index is 0.0929. The molecule has 1 saturated carbocycles. The summed E-state index contributed by atoms with van der Waals surface area (Å²) in [7, 11) is 0. The van der Waals surface area contributed by atoms with Crippen LogP contribution in [0.5, 0.6) is 0 Å². The van der Waals surface area contributed by atoms with E-state index >= 15 is 0 Å². The van der Waals surface area contributed by atoms with Crippen LogP contribution in [0.25, 0.3) is 22.2 Å². The number of amides is 1. The molecule has 4 N–H and O–H groups in total. The summed E-state index contributed by atoms with van der Waals surface area (Å²) in [6.07, 6.45) is 4.25. The first kappa shape index (κ1) is 21.9. The maximum Gasteiger partial charge on any atom is 0.290 e. The van der Waals surface area contributed by atoms with Gasteiger partial charge in [-0.25, -0.2) is 5.10 Å². The average Bonchev–Trinajstić information content (AvgIpc) is 3.50. The molecular formula is C26H28N6O2. The molecule has 0 atom stereocenters. The molecule has 0 aliphatic heterocycles. The molecule has 34 heavy (non-hydrogen) atoms. The van der Waals surface area contributed by atoms with E-state index in [2.05, 4.69) is 15.5 Å². The van der Waals surface area contributed by atoms with Gasteiger partial charge in [-0.2, -0.15) is 10.2 Å². The third-order valence-corrected chi connectivity index (χ3v) is 6.65. The van der Waals surface area contributed by atoms with E-state index in [9.17, 15) is 9.59 Å². The number of nitrogens with zero attached hydrogens (tertiary/aromatic N) is 3. The molecule has 2 aromatic carbocycles. The highest BCUT2D eigenvalue weighted by Crippen LogP contribution is 2.36. The van der Waals surface area contributed by atoms with Gasteiger partial charge in [0, 0.05) is 17.7 Å². The molecule has 1 fully saturated rings. The van der Waals surface area contributed by atoms with Crippen LogP contribution in [-0.4, -0.2) is 25.9 Å². The molecule has 174 valence electrons. The maximum absolute atomic E-state index is 12.6. The van der Waals surface area contributed by atoms with Crippen molar-refractivity contribution in [2.45, 2.75) is 52.1 Å². The zero-order valence-electron chi connectivity index (χ0n) is 19.4. The molecule has 0 bridgehead atoms. The molecule has 2 aromatic heterocycles. The number of aromatic nitrogens is 4. The Morgan fingerprint density at radius 1 is 1.15 bits per heavy atom. The van der Waals surface area contributed by atoms with Gasteiger partial charge in [-0.15, -0.1) is 0 Å². The van der Waals surface area contributed by atoms with Gasteiger partial charge in [0.25, 0.3) is 11.5 Å². The monoisotopic (exact) mass is 456 g/mol. The van der Waals surface area contributed by atoms with Crippen LogP contribution < -0.4 is 16.6 Å². The van der Waals surface area contributed by atoms with E-state index < -0.39 is 0 Å². The Morgan fingerprint density at radius 3 is 2.62 bits per heavy atom. The minimum atomic E-state index is -0.277. The average molecular weight is 457 g/mol. The molecule has 0 saturated heterocycles. The highest BCUT2D eigenvalue weighted by Gasteiger charge is 2.25. The van der Waals surface area contributed by atoms with E-state index in [4.69, 9.17) is 10.8 Å². The van der Waals surface area contributed by atoms with Crippen LogP contribution in [0, 0.1) is 13.8 Å². The maximum atomic E-state index is 12.6. The molecule has 4 aromatic rings. The predicted octanol–water partition coefficient (Wildman–Crippen LogP) is 4.03. The van der Waals surface area contributed by atoms with Crippen LogP contribution >= 0.6 is 0 Å². The predicted molar refractivity (Wildman–Crippen MR) is 133 cm³/mol. The van der Waals surface area contributed by atoms with Crippen molar-refractivity contribution in [1.82, 2.24) is 25.3 Å². The Labute approximate surface area is 197 Å². The lowest BCUT2D eigenvalue weighted by molar-refractivity contribution is 0.0950. The number of carbonyl (C=O) groups excluding carboxylic acids is 1. The van der Waals surface area contributed by atoms with E-state index in [0.717, 1.165) is 47.9 Å². The lowest BCUT2D eigenvalue weighted by atomic mass is 10.0. The number of carbonyl (C=O) groups is 1. The highest BCUT2D eigenvalue weighted by molar-refractivity contribution is 5.99. The summed E-state index contributed by atoms with van der Waals surface area (Å²) < 4.78 is 1.84. The summed E-state index contributed by atoms with van der Waals surface area (Å²) in [5, 5.41) is 14.9. The third-order valence-electron chi connectivity index (χ3n) is 6.65. The second kappa shape index (κ2) is 8.78. The molecule has 1 aliphatic carbocycles. The number of hydrogen-bond donors (Lipinski definition) is 3. The molecule has 2 heterocycles. The number of hydrogen-bond acceptors (Lipinski definition) is 5. The van der Waals surface area contributed by atoms with Gasteiger partial charge in [0.1, 0.15) is 11.2 Å². The number of nitrogens with one attached hydrogen (secondary N) is 2. The van der Waals surface area contributed by atoms with Crippen molar-refractivity contribution in [2.24, 2.45) is 0 Å². The number of nitrogens with two attached hydrogens (primary N) is 1. The minimum Gasteiger partial charge on any atom is -0.382 e. The van der Waals surface area contributed by atoms with Crippen molar-refractivity contribution >= 4 is 22.6 Å². The Bertz CT molecular complexity index is 1430. The molecule has 1 amide bonds. The summed E-state index contributed by atoms with van der Waals surface area (Å²) in [5.41, 5.74) is 11.6. The number of aryl methyl sites for hydroxylation is 2. The zero-order chi connectivity index (χ0) is 23.8. The SMILES string of the molecule is Cc1ccc(C)c(C(=O)NCc2ccc(-c3nn(C4CCCC4)c4c(=O)[nH]nc(N)c34)cc2)c1. The normalized spacial score (nSPS) is 14.1. The third kappa shape index (κ3) is 3.96. The lowest BCUT2D eigenvalue weighted by Gasteiger charge is -2.10. The zero-order valence-corrected chi connectivity index (χ0v) is 19.4. The molecule has 8 nitrogen and oxygen atoms in total. The quantitative estimate of drug-likeness (QED) is 0.419. The smallest absolute Gasteiger partial charge is 0.290 e. The van der Waals surface area contributed by atoms with Crippen LogP contribution in [0.1, 0.15) is 58.8 Å². The van der Waals surface area contributed by atoms with Gasteiger partial charge in [0.05, 0.1) is 11.4 Å². The second-order valence-corrected chi connectivity index (χ2v) is 9.09. The van der Waals surface area contributed by atoms with Crippen molar-refractivity contribution in [2.75, 3.05) is 5.73 Å². The lowest BCUT2D eigenvalue weighted by Crippen LogP contribution is -2.23. The van der Waals surface area contributed by atoms with Gasteiger partial charge in [-0.05, 0) is 43.9 Å². The van der Waals surface area contributed by atoms with Crippen molar-refractivity contribution in [3.05, 3.63) is 75.1 Å². The van der Waals surface area contributed by atoms with E-state index in [1.807, 2.05) is 61.0 Å². The fourth-order valence-electron chi connectivity index (χ4n) is 4.77. The molecule has 0 spiro atoms. The van der Waals surface area contributed by atoms with E-state index in [1.165, 1.54) is 0 Å². The van der Waals surface area contributed by atoms with Gasteiger partial charge >= 0.3 is 0 Å². The fraction of sp³-hybridized carbons (Fsp3) is 0.308. The van der Waals surface area contributed by atoms with Crippen molar-refractivity contribution in [3.8, 4) is 11.3 Å². The molecule has 5 rings (SSSR count).